The average Bonchev–Trinajstić information content (AvgIpc) is 3.10. The van der Waals surface area contributed by atoms with Crippen LogP contribution >= 0.6 is 0 Å². The summed E-state index contributed by atoms with van der Waals surface area (Å²) in [5, 5.41) is 104. The average molecular weight is 709 g/mol. The Hall–Kier alpha value is -1.57. The van der Waals surface area contributed by atoms with Crippen LogP contribution < -0.4 is 0 Å². The minimum absolute atomic E-state index is 0.211. The normalized spacial score (nSPS) is 45.3. The summed E-state index contributed by atoms with van der Waals surface area (Å²) in [7, 11) is 0. The molecule has 0 spiro atoms. The minimum Gasteiger partial charge on any atom is -0.394 e. The maximum absolute atomic E-state index is 11.2. The highest BCUT2D eigenvalue weighted by Gasteiger charge is 2.51. The topological polar surface area (TPSA) is 283 Å². The van der Waals surface area contributed by atoms with E-state index >= 15 is 0 Å². The van der Waals surface area contributed by atoms with Crippen LogP contribution in [0.25, 0.3) is 0 Å². The largest absolute Gasteiger partial charge is 0.394 e. The second kappa shape index (κ2) is 17.3. The lowest BCUT2D eigenvalue weighted by Gasteiger charge is -2.47. The molecule has 10 N–H and O–H groups in total. The highest BCUT2D eigenvalue weighted by atomic mass is 16.7. The van der Waals surface area contributed by atoms with Crippen LogP contribution in [0, 0.1) is 0 Å². The molecule has 17 unspecified atom stereocenters. The first-order valence-electron chi connectivity index (χ1n) is 16.2. The van der Waals surface area contributed by atoms with Gasteiger partial charge >= 0.3 is 0 Å². The number of rotatable bonds is 12. The van der Waals surface area contributed by atoms with Crippen molar-refractivity contribution in [3.63, 3.8) is 0 Å². The first-order valence-corrected chi connectivity index (χ1v) is 16.2. The van der Waals surface area contributed by atoms with E-state index in [9.17, 15) is 51.1 Å². The second-order valence-electron chi connectivity index (χ2n) is 12.7. The molecule has 17 atom stereocenters. The molecule has 49 heavy (non-hydrogen) atoms. The number of hydrogen-bond acceptors (Lipinski definition) is 19. The monoisotopic (exact) mass is 708 g/mol. The highest BCUT2D eigenvalue weighted by molar-refractivity contribution is 5.09. The Morgan fingerprint density at radius 3 is 1.98 bits per heavy atom. The molecule has 4 aliphatic rings. The van der Waals surface area contributed by atoms with E-state index in [0.717, 1.165) is 5.56 Å². The Bertz CT molecular complexity index is 1140. The van der Waals surface area contributed by atoms with Gasteiger partial charge in [0.2, 0.25) is 0 Å². The third kappa shape index (κ3) is 8.91. The van der Waals surface area contributed by atoms with E-state index in [1.165, 1.54) is 6.92 Å². The van der Waals surface area contributed by atoms with Crippen molar-refractivity contribution in [2.24, 2.45) is 0 Å². The summed E-state index contributed by atoms with van der Waals surface area (Å²) in [6, 6.07) is 3.69. The molecule has 4 saturated heterocycles. The maximum Gasteiger partial charge on any atom is 0.187 e. The van der Waals surface area contributed by atoms with Crippen molar-refractivity contribution in [2.75, 3.05) is 39.5 Å². The van der Waals surface area contributed by atoms with Gasteiger partial charge in [-0.05, 0) is 24.6 Å². The molecule has 4 aliphatic heterocycles. The predicted octanol–water partition coefficient (Wildman–Crippen LogP) is -5.86. The summed E-state index contributed by atoms with van der Waals surface area (Å²) in [5.41, 5.74) is 0.960. The van der Waals surface area contributed by atoms with Crippen molar-refractivity contribution in [2.45, 2.75) is 118 Å². The van der Waals surface area contributed by atoms with Crippen molar-refractivity contribution < 1.29 is 84.2 Å². The summed E-state index contributed by atoms with van der Waals surface area (Å²) >= 11 is 0. The summed E-state index contributed by atoms with van der Waals surface area (Å²) in [6.45, 7) is 0.396. The Morgan fingerprint density at radius 1 is 0.673 bits per heavy atom. The molecular formula is C30H48N2O17. The standard InChI is InChI=1S/C30H48N2O17/c1-13-20(36)27(49-30-25(41)24(40)21(37)16(10-34)47-30)23(39)18(44-13)12-43-29-26(42)28(22(38)17(11-35)46-29)48-19-8-32(7-15(9-33)45-19)6-14-2-4-31-5-3-14/h2-5,13,15-30,33-42H,6-12H2,1H3. The van der Waals surface area contributed by atoms with Gasteiger partial charge in [-0.15, -0.1) is 0 Å². The lowest BCUT2D eigenvalue weighted by molar-refractivity contribution is -0.352. The minimum atomic E-state index is -1.79. The molecule has 0 radical (unpaired) electrons. The van der Waals surface area contributed by atoms with Crippen molar-refractivity contribution >= 4 is 0 Å². The molecule has 0 bridgehead atoms. The number of ether oxygens (including phenoxy) is 7. The van der Waals surface area contributed by atoms with Crippen LogP contribution in [-0.2, 0) is 39.7 Å². The third-order valence-corrected chi connectivity index (χ3v) is 9.19. The van der Waals surface area contributed by atoms with Gasteiger partial charge in [-0.3, -0.25) is 9.88 Å². The molecule has 5 heterocycles. The van der Waals surface area contributed by atoms with Gasteiger partial charge in [-0.25, -0.2) is 0 Å². The number of nitrogens with zero attached hydrogens (tertiary/aromatic N) is 2. The fourth-order valence-corrected chi connectivity index (χ4v) is 6.39. The molecule has 4 fully saturated rings. The van der Waals surface area contributed by atoms with Crippen molar-refractivity contribution in [1.29, 1.82) is 0 Å². The highest BCUT2D eigenvalue weighted by Crippen LogP contribution is 2.31. The lowest BCUT2D eigenvalue weighted by atomic mass is 9.94. The van der Waals surface area contributed by atoms with Crippen LogP contribution in [-0.4, -0.2) is 205 Å². The van der Waals surface area contributed by atoms with E-state index in [1.54, 1.807) is 12.4 Å². The molecule has 1 aromatic heterocycles. The maximum atomic E-state index is 11.2. The first-order chi connectivity index (χ1) is 23.4. The summed E-state index contributed by atoms with van der Waals surface area (Å²) < 4.78 is 40.0. The van der Waals surface area contributed by atoms with Gasteiger partial charge in [0.25, 0.3) is 0 Å². The van der Waals surface area contributed by atoms with Crippen molar-refractivity contribution in [1.82, 2.24) is 9.88 Å². The summed E-state index contributed by atoms with van der Waals surface area (Å²) in [5.74, 6) is 0. The number of hydrogen-bond donors (Lipinski definition) is 10. The molecule has 19 heteroatoms. The van der Waals surface area contributed by atoms with E-state index in [2.05, 4.69) is 4.98 Å². The van der Waals surface area contributed by atoms with Crippen LogP contribution in [0.2, 0.25) is 0 Å². The van der Waals surface area contributed by atoms with Crippen LogP contribution in [0.15, 0.2) is 24.5 Å². The zero-order chi connectivity index (χ0) is 35.4. The zero-order valence-electron chi connectivity index (χ0n) is 26.8. The SMILES string of the molecule is CC1OC(COC2OC(CO)C(O)C(OC3CN(Cc4ccncc4)CC(CO)O3)C2O)C(O)C(OC2OC(CO)C(O)C(O)C2O)C1O. The van der Waals surface area contributed by atoms with E-state index in [-0.39, 0.29) is 13.2 Å². The molecule has 1 aromatic rings. The molecule has 19 nitrogen and oxygen atoms in total. The number of aliphatic hydroxyl groups is 10. The van der Waals surface area contributed by atoms with E-state index in [4.69, 9.17) is 33.2 Å². The lowest BCUT2D eigenvalue weighted by Crippen LogP contribution is -2.65. The van der Waals surface area contributed by atoms with Gasteiger partial charge < -0.3 is 84.2 Å². The Morgan fingerprint density at radius 2 is 1.31 bits per heavy atom. The van der Waals surface area contributed by atoms with Gasteiger partial charge in [0, 0.05) is 32.0 Å². The molecule has 0 saturated carbocycles. The first kappa shape index (κ1) is 38.7. The molecule has 5 rings (SSSR count). The van der Waals surface area contributed by atoms with Crippen molar-refractivity contribution in [3.05, 3.63) is 30.1 Å². The molecular weight excluding hydrogens is 660 g/mol. The number of pyridine rings is 1. The van der Waals surface area contributed by atoms with Gasteiger partial charge in [0.15, 0.2) is 18.9 Å². The fraction of sp³-hybridized carbons (Fsp3) is 0.833. The molecule has 280 valence electrons. The third-order valence-electron chi connectivity index (χ3n) is 9.19. The summed E-state index contributed by atoms with van der Waals surface area (Å²) in [6.07, 6.45) is -20.6. The number of aliphatic hydroxyl groups excluding tert-OH is 10. The van der Waals surface area contributed by atoms with Gasteiger partial charge in [-0.1, -0.05) is 0 Å². The molecule has 0 aromatic carbocycles. The van der Waals surface area contributed by atoms with E-state index in [1.807, 2.05) is 17.0 Å². The van der Waals surface area contributed by atoms with E-state index in [0.29, 0.717) is 13.1 Å². The Labute approximate surface area is 281 Å². The molecule has 0 aliphatic carbocycles. The quantitative estimate of drug-likeness (QED) is 0.0968. The fourth-order valence-electron chi connectivity index (χ4n) is 6.39. The van der Waals surface area contributed by atoms with Crippen LogP contribution in [0.4, 0.5) is 0 Å². The van der Waals surface area contributed by atoms with Gasteiger partial charge in [0.1, 0.15) is 73.2 Å². The Kier molecular flexibility index (Phi) is 13.6. The van der Waals surface area contributed by atoms with Crippen LogP contribution in [0.1, 0.15) is 12.5 Å². The predicted molar refractivity (Wildman–Crippen MR) is 159 cm³/mol. The van der Waals surface area contributed by atoms with Gasteiger partial charge in [0.05, 0.1) is 38.6 Å². The van der Waals surface area contributed by atoms with Crippen LogP contribution in [0.3, 0.4) is 0 Å². The second-order valence-corrected chi connectivity index (χ2v) is 12.7. The van der Waals surface area contributed by atoms with Crippen LogP contribution in [0.5, 0.6) is 0 Å². The zero-order valence-corrected chi connectivity index (χ0v) is 26.8. The van der Waals surface area contributed by atoms with Gasteiger partial charge in [-0.2, -0.15) is 0 Å². The smallest absolute Gasteiger partial charge is 0.187 e. The number of aromatic nitrogens is 1. The molecule has 0 amide bonds. The Balaban J connectivity index is 1.23. The van der Waals surface area contributed by atoms with Crippen molar-refractivity contribution in [3.8, 4) is 0 Å². The summed E-state index contributed by atoms with van der Waals surface area (Å²) in [4.78, 5) is 5.98. The van der Waals surface area contributed by atoms with E-state index < -0.39 is 124 Å². The number of morpholine rings is 1.